The van der Waals surface area contributed by atoms with E-state index < -0.39 is 5.54 Å². The molecule has 4 N–H and O–H groups in total. The highest BCUT2D eigenvalue weighted by Gasteiger charge is 2.34. The van der Waals surface area contributed by atoms with E-state index in [1.807, 2.05) is 30.3 Å². The predicted molar refractivity (Wildman–Crippen MR) is 67.3 cm³/mol. The second-order valence-corrected chi connectivity index (χ2v) is 4.57. The van der Waals surface area contributed by atoms with Crippen molar-refractivity contribution in [3.63, 3.8) is 0 Å². The van der Waals surface area contributed by atoms with Gasteiger partial charge in [0.1, 0.15) is 0 Å². The molecule has 0 aromatic heterocycles. The lowest BCUT2D eigenvalue weighted by molar-refractivity contribution is -0.127. The van der Waals surface area contributed by atoms with E-state index >= 15 is 0 Å². The van der Waals surface area contributed by atoms with Crippen LogP contribution in [0.4, 0.5) is 0 Å². The number of hydrogen-bond donors (Lipinski definition) is 3. The molecule has 1 aliphatic rings. The van der Waals surface area contributed by atoms with Gasteiger partial charge in [-0.1, -0.05) is 30.3 Å². The number of nitrogens with one attached hydrogen (secondary N) is 2. The largest absolute Gasteiger partial charge is 0.350 e. The van der Waals surface area contributed by atoms with E-state index in [1.54, 1.807) is 0 Å². The third kappa shape index (κ3) is 3.05. The lowest BCUT2D eigenvalue weighted by Gasteiger charge is -2.32. The van der Waals surface area contributed by atoms with Crippen LogP contribution < -0.4 is 16.4 Å². The molecule has 17 heavy (non-hydrogen) atoms. The van der Waals surface area contributed by atoms with Crippen molar-refractivity contribution in [1.29, 1.82) is 0 Å². The minimum absolute atomic E-state index is 0.0390. The van der Waals surface area contributed by atoms with Gasteiger partial charge in [-0.2, -0.15) is 0 Å². The van der Waals surface area contributed by atoms with Crippen molar-refractivity contribution < 1.29 is 4.79 Å². The van der Waals surface area contributed by atoms with Gasteiger partial charge in [-0.05, 0) is 31.5 Å². The molecule has 1 aromatic rings. The Morgan fingerprint density at radius 3 is 2.59 bits per heavy atom. The molecule has 0 atom stereocenters. The first-order chi connectivity index (χ1) is 8.21. The van der Waals surface area contributed by atoms with Crippen molar-refractivity contribution in [2.24, 2.45) is 5.73 Å². The fourth-order valence-corrected chi connectivity index (χ4v) is 2.05. The molecule has 1 saturated heterocycles. The molecule has 0 bridgehead atoms. The Hall–Kier alpha value is -1.39. The molecule has 1 aliphatic heterocycles. The summed E-state index contributed by atoms with van der Waals surface area (Å²) in [6.07, 6.45) is 1.40. The maximum Gasteiger partial charge on any atom is 0.240 e. The molecule has 1 fully saturated rings. The minimum atomic E-state index is -0.694. The van der Waals surface area contributed by atoms with Gasteiger partial charge in [0.25, 0.3) is 0 Å². The van der Waals surface area contributed by atoms with Crippen molar-refractivity contribution in [3.05, 3.63) is 35.9 Å². The number of piperidine rings is 1. The van der Waals surface area contributed by atoms with Gasteiger partial charge >= 0.3 is 0 Å². The second-order valence-electron chi connectivity index (χ2n) is 4.57. The van der Waals surface area contributed by atoms with Crippen LogP contribution in [0.15, 0.2) is 30.3 Å². The van der Waals surface area contributed by atoms with E-state index in [0.29, 0.717) is 19.4 Å². The predicted octanol–water partition coefficient (Wildman–Crippen LogP) is 0.384. The summed E-state index contributed by atoms with van der Waals surface area (Å²) in [5.41, 5.74) is 6.52. The van der Waals surface area contributed by atoms with Crippen LogP contribution in [-0.2, 0) is 11.3 Å². The molecule has 1 heterocycles. The summed E-state index contributed by atoms with van der Waals surface area (Å²) in [6, 6.07) is 9.87. The topological polar surface area (TPSA) is 67.2 Å². The van der Waals surface area contributed by atoms with Gasteiger partial charge in [-0.3, -0.25) is 4.79 Å². The van der Waals surface area contributed by atoms with E-state index in [0.717, 1.165) is 18.7 Å². The molecule has 4 nitrogen and oxygen atoms in total. The van der Waals surface area contributed by atoms with Crippen LogP contribution in [0.3, 0.4) is 0 Å². The van der Waals surface area contributed by atoms with Crippen molar-refractivity contribution in [3.8, 4) is 0 Å². The molecule has 0 saturated carbocycles. The molecule has 0 unspecified atom stereocenters. The minimum Gasteiger partial charge on any atom is -0.350 e. The molecule has 1 aromatic carbocycles. The Kier molecular flexibility index (Phi) is 3.76. The molecule has 2 rings (SSSR count). The molecule has 4 heteroatoms. The van der Waals surface area contributed by atoms with E-state index in [1.165, 1.54) is 0 Å². The quantitative estimate of drug-likeness (QED) is 0.707. The van der Waals surface area contributed by atoms with Crippen molar-refractivity contribution in [1.82, 2.24) is 10.6 Å². The standard InChI is InChI=1S/C13H19N3O/c14-13(6-8-15-9-7-13)12(17)16-10-11-4-2-1-3-5-11/h1-5,15H,6-10,14H2,(H,16,17). The Labute approximate surface area is 102 Å². The Morgan fingerprint density at radius 1 is 1.29 bits per heavy atom. The fourth-order valence-electron chi connectivity index (χ4n) is 2.05. The van der Waals surface area contributed by atoms with E-state index in [-0.39, 0.29) is 5.91 Å². The maximum absolute atomic E-state index is 12.0. The summed E-state index contributed by atoms with van der Waals surface area (Å²) >= 11 is 0. The van der Waals surface area contributed by atoms with E-state index in [9.17, 15) is 4.79 Å². The molecular formula is C13H19N3O. The maximum atomic E-state index is 12.0. The lowest BCUT2D eigenvalue weighted by Crippen LogP contribution is -2.58. The van der Waals surface area contributed by atoms with Gasteiger partial charge < -0.3 is 16.4 Å². The summed E-state index contributed by atoms with van der Waals surface area (Å²) in [4.78, 5) is 12.0. The van der Waals surface area contributed by atoms with E-state index in [4.69, 9.17) is 5.73 Å². The zero-order chi connectivity index (χ0) is 12.1. The number of amides is 1. The zero-order valence-corrected chi connectivity index (χ0v) is 9.91. The number of hydrogen-bond acceptors (Lipinski definition) is 3. The monoisotopic (exact) mass is 233 g/mol. The molecule has 92 valence electrons. The highest BCUT2D eigenvalue weighted by atomic mass is 16.2. The van der Waals surface area contributed by atoms with Crippen LogP contribution in [0, 0.1) is 0 Å². The summed E-state index contributed by atoms with van der Waals surface area (Å²) in [5, 5.41) is 6.13. The van der Waals surface area contributed by atoms with Crippen molar-refractivity contribution in [2.45, 2.75) is 24.9 Å². The molecule has 1 amide bonds. The Morgan fingerprint density at radius 2 is 1.94 bits per heavy atom. The SMILES string of the molecule is NC1(C(=O)NCc2ccccc2)CCNCC1. The first-order valence-corrected chi connectivity index (χ1v) is 6.02. The Balaban J connectivity index is 1.88. The second kappa shape index (κ2) is 5.29. The van der Waals surface area contributed by atoms with Crippen LogP contribution in [0.25, 0.3) is 0 Å². The van der Waals surface area contributed by atoms with Crippen LogP contribution in [0.1, 0.15) is 18.4 Å². The molecule has 0 spiro atoms. The Bertz CT molecular complexity index is 372. The number of nitrogens with two attached hydrogens (primary N) is 1. The van der Waals surface area contributed by atoms with Gasteiger partial charge in [-0.15, -0.1) is 0 Å². The van der Waals surface area contributed by atoms with Crippen molar-refractivity contribution >= 4 is 5.91 Å². The van der Waals surface area contributed by atoms with E-state index in [2.05, 4.69) is 10.6 Å². The molecular weight excluding hydrogens is 214 g/mol. The smallest absolute Gasteiger partial charge is 0.240 e. The highest BCUT2D eigenvalue weighted by molar-refractivity contribution is 5.86. The van der Waals surface area contributed by atoms with Gasteiger partial charge in [0.15, 0.2) is 0 Å². The first-order valence-electron chi connectivity index (χ1n) is 6.02. The number of carbonyl (C=O) groups is 1. The molecule has 0 aliphatic carbocycles. The third-order valence-electron chi connectivity index (χ3n) is 3.24. The fraction of sp³-hybridized carbons (Fsp3) is 0.462. The first kappa shape index (κ1) is 12.1. The summed E-state index contributed by atoms with van der Waals surface area (Å²) < 4.78 is 0. The summed E-state index contributed by atoms with van der Waals surface area (Å²) in [7, 11) is 0. The van der Waals surface area contributed by atoms with Gasteiger partial charge in [0, 0.05) is 6.54 Å². The molecule has 0 radical (unpaired) electrons. The van der Waals surface area contributed by atoms with Gasteiger partial charge in [-0.25, -0.2) is 0 Å². The zero-order valence-electron chi connectivity index (χ0n) is 9.91. The number of carbonyl (C=O) groups excluding carboxylic acids is 1. The van der Waals surface area contributed by atoms with Crippen LogP contribution in [-0.4, -0.2) is 24.5 Å². The summed E-state index contributed by atoms with van der Waals surface area (Å²) in [5.74, 6) is -0.0390. The summed E-state index contributed by atoms with van der Waals surface area (Å²) in [6.45, 7) is 2.18. The number of benzene rings is 1. The van der Waals surface area contributed by atoms with Crippen LogP contribution >= 0.6 is 0 Å². The highest BCUT2D eigenvalue weighted by Crippen LogP contribution is 2.15. The van der Waals surface area contributed by atoms with Crippen LogP contribution in [0.5, 0.6) is 0 Å². The van der Waals surface area contributed by atoms with Crippen molar-refractivity contribution in [2.75, 3.05) is 13.1 Å². The number of rotatable bonds is 3. The van der Waals surface area contributed by atoms with Gasteiger partial charge in [0.2, 0.25) is 5.91 Å². The normalized spacial score (nSPS) is 18.6. The average Bonchev–Trinajstić information content (AvgIpc) is 2.38. The van der Waals surface area contributed by atoms with Crippen LogP contribution in [0.2, 0.25) is 0 Å². The average molecular weight is 233 g/mol. The van der Waals surface area contributed by atoms with Gasteiger partial charge in [0.05, 0.1) is 5.54 Å². The lowest BCUT2D eigenvalue weighted by atomic mass is 9.88. The third-order valence-corrected chi connectivity index (χ3v) is 3.24.